The third kappa shape index (κ3) is 2.38. The number of carbonyl (C=O) groups is 1. The van der Waals surface area contributed by atoms with Crippen molar-refractivity contribution in [1.29, 1.82) is 0 Å². The molecule has 0 spiro atoms. The Kier molecular flexibility index (Phi) is 2.62. The van der Waals surface area contributed by atoms with E-state index in [4.69, 9.17) is 0 Å². The van der Waals surface area contributed by atoms with Crippen molar-refractivity contribution in [2.24, 2.45) is 0 Å². The van der Waals surface area contributed by atoms with E-state index in [1.807, 2.05) is 0 Å². The topological polar surface area (TPSA) is 67.2 Å². The van der Waals surface area contributed by atoms with Crippen molar-refractivity contribution < 1.29 is 9.32 Å². The highest BCUT2D eigenvalue weighted by Gasteiger charge is 2.00. The number of rotatable bonds is 3. The van der Waals surface area contributed by atoms with Crippen LogP contribution < -0.4 is 10.6 Å². The summed E-state index contributed by atoms with van der Waals surface area (Å²) in [6, 6.07) is 1.58. The minimum Gasteiger partial charge on any atom is -0.363 e. The number of nitrogens with one attached hydrogen (secondary N) is 2. The molecule has 1 heterocycles. The highest BCUT2D eigenvalue weighted by Crippen LogP contribution is 1.99. The summed E-state index contributed by atoms with van der Waals surface area (Å²) in [5.41, 5.74) is 0. The summed E-state index contributed by atoms with van der Waals surface area (Å²) in [5.74, 6) is 0.298. The van der Waals surface area contributed by atoms with Gasteiger partial charge in [0.2, 0.25) is 5.91 Å². The Morgan fingerprint density at radius 3 is 3.18 bits per heavy atom. The Morgan fingerprint density at radius 2 is 2.64 bits per heavy atom. The van der Waals surface area contributed by atoms with Crippen LogP contribution in [-0.2, 0) is 4.79 Å². The van der Waals surface area contributed by atoms with Gasteiger partial charge in [0.25, 0.3) is 0 Å². The summed E-state index contributed by atoms with van der Waals surface area (Å²) in [6.45, 7) is 0.271. The molecule has 60 valence electrons. The van der Waals surface area contributed by atoms with Crippen LogP contribution >= 0.6 is 0 Å². The molecule has 0 radical (unpaired) electrons. The fraction of sp³-hybridized carbons (Fsp3) is 0.333. The van der Waals surface area contributed by atoms with Gasteiger partial charge in [-0.05, 0) is 7.05 Å². The average Bonchev–Trinajstić information content (AvgIpc) is 2.40. The Labute approximate surface area is 63.8 Å². The first-order chi connectivity index (χ1) is 5.33. The third-order valence-electron chi connectivity index (χ3n) is 1.04. The Hall–Kier alpha value is -1.36. The van der Waals surface area contributed by atoms with Gasteiger partial charge < -0.3 is 15.2 Å². The Morgan fingerprint density at radius 1 is 1.82 bits per heavy atom. The van der Waals surface area contributed by atoms with Crippen LogP contribution in [-0.4, -0.2) is 24.7 Å². The zero-order valence-corrected chi connectivity index (χ0v) is 6.13. The molecule has 0 saturated heterocycles. The van der Waals surface area contributed by atoms with Gasteiger partial charge in [-0.2, -0.15) is 0 Å². The summed E-state index contributed by atoms with van der Waals surface area (Å²) in [6.07, 6.45) is 1.40. The zero-order chi connectivity index (χ0) is 8.10. The maximum Gasteiger partial charge on any atom is 0.239 e. The molecule has 11 heavy (non-hydrogen) atoms. The lowest BCUT2D eigenvalue weighted by atomic mass is 10.5. The number of amides is 1. The molecule has 1 rings (SSSR count). The maximum atomic E-state index is 10.9. The quantitative estimate of drug-likeness (QED) is 0.636. The number of nitrogens with zero attached hydrogens (tertiary/aromatic N) is 1. The molecule has 5 nitrogen and oxygen atoms in total. The number of likely N-dealkylation sites (N-methyl/N-ethyl adjacent to an activating group) is 1. The van der Waals surface area contributed by atoms with Gasteiger partial charge in [-0.1, -0.05) is 5.16 Å². The van der Waals surface area contributed by atoms with Crippen LogP contribution in [0.1, 0.15) is 0 Å². The number of hydrogen-bond donors (Lipinski definition) is 2. The SMILES string of the molecule is CNCC(=O)Nc1ccon1. The fourth-order valence-corrected chi connectivity index (χ4v) is 0.625. The predicted octanol–water partition coefficient (Wildman–Crippen LogP) is -0.168. The van der Waals surface area contributed by atoms with Crippen molar-refractivity contribution in [1.82, 2.24) is 10.5 Å². The van der Waals surface area contributed by atoms with E-state index in [-0.39, 0.29) is 12.5 Å². The van der Waals surface area contributed by atoms with E-state index in [9.17, 15) is 4.79 Å². The van der Waals surface area contributed by atoms with E-state index in [1.54, 1.807) is 13.1 Å². The molecule has 0 unspecified atom stereocenters. The van der Waals surface area contributed by atoms with Crippen LogP contribution in [0.4, 0.5) is 5.82 Å². The van der Waals surface area contributed by atoms with Crippen LogP contribution in [0.3, 0.4) is 0 Å². The van der Waals surface area contributed by atoms with E-state index in [0.29, 0.717) is 5.82 Å². The number of aromatic nitrogens is 1. The maximum absolute atomic E-state index is 10.9. The molecule has 0 aliphatic rings. The minimum atomic E-state index is -0.138. The summed E-state index contributed by atoms with van der Waals surface area (Å²) in [7, 11) is 1.70. The molecule has 5 heteroatoms. The first-order valence-electron chi connectivity index (χ1n) is 3.18. The van der Waals surface area contributed by atoms with Crippen LogP contribution in [0, 0.1) is 0 Å². The second kappa shape index (κ2) is 3.72. The molecule has 0 aromatic carbocycles. The van der Waals surface area contributed by atoms with Gasteiger partial charge in [-0.3, -0.25) is 4.79 Å². The van der Waals surface area contributed by atoms with E-state index in [1.165, 1.54) is 6.26 Å². The second-order valence-electron chi connectivity index (χ2n) is 1.96. The van der Waals surface area contributed by atoms with Crippen LogP contribution in [0.15, 0.2) is 16.9 Å². The molecular weight excluding hydrogens is 146 g/mol. The van der Waals surface area contributed by atoms with Gasteiger partial charge in [-0.15, -0.1) is 0 Å². The average molecular weight is 155 g/mol. The van der Waals surface area contributed by atoms with Gasteiger partial charge in [0.15, 0.2) is 5.82 Å². The normalized spacial score (nSPS) is 9.55. The Bertz CT molecular complexity index is 220. The van der Waals surface area contributed by atoms with Crippen LogP contribution in [0.5, 0.6) is 0 Å². The van der Waals surface area contributed by atoms with Crippen molar-refractivity contribution in [3.05, 3.63) is 12.3 Å². The van der Waals surface area contributed by atoms with E-state index >= 15 is 0 Å². The highest BCUT2D eigenvalue weighted by atomic mass is 16.5. The van der Waals surface area contributed by atoms with Gasteiger partial charge in [0.05, 0.1) is 6.54 Å². The van der Waals surface area contributed by atoms with Gasteiger partial charge >= 0.3 is 0 Å². The lowest BCUT2D eigenvalue weighted by molar-refractivity contribution is -0.115. The van der Waals surface area contributed by atoms with Crippen molar-refractivity contribution in [2.75, 3.05) is 18.9 Å². The first-order valence-corrected chi connectivity index (χ1v) is 3.18. The molecule has 0 fully saturated rings. The minimum absolute atomic E-state index is 0.138. The molecule has 0 saturated carbocycles. The number of hydrogen-bond acceptors (Lipinski definition) is 4. The summed E-state index contributed by atoms with van der Waals surface area (Å²) in [5, 5.41) is 8.73. The second-order valence-corrected chi connectivity index (χ2v) is 1.96. The van der Waals surface area contributed by atoms with Gasteiger partial charge in [-0.25, -0.2) is 0 Å². The number of anilines is 1. The van der Waals surface area contributed by atoms with Crippen LogP contribution in [0.25, 0.3) is 0 Å². The fourth-order valence-electron chi connectivity index (χ4n) is 0.625. The molecule has 1 aromatic heterocycles. The zero-order valence-electron chi connectivity index (χ0n) is 6.13. The highest BCUT2D eigenvalue weighted by molar-refractivity contribution is 5.91. The third-order valence-corrected chi connectivity index (χ3v) is 1.04. The smallest absolute Gasteiger partial charge is 0.239 e. The standard InChI is InChI=1S/C6H9N3O2/c1-7-4-6(10)8-5-2-3-11-9-5/h2-3,7H,4H2,1H3,(H,8,9,10). The molecule has 0 aliphatic carbocycles. The van der Waals surface area contributed by atoms with Crippen LogP contribution in [0.2, 0.25) is 0 Å². The van der Waals surface area contributed by atoms with Crippen molar-refractivity contribution in [3.8, 4) is 0 Å². The first kappa shape index (κ1) is 7.74. The van der Waals surface area contributed by atoms with E-state index < -0.39 is 0 Å². The molecule has 1 aromatic rings. The van der Waals surface area contributed by atoms with Gasteiger partial charge in [0.1, 0.15) is 6.26 Å². The molecule has 1 amide bonds. The largest absolute Gasteiger partial charge is 0.363 e. The summed E-state index contributed by atoms with van der Waals surface area (Å²) >= 11 is 0. The van der Waals surface area contributed by atoms with Crippen molar-refractivity contribution in [2.45, 2.75) is 0 Å². The number of carbonyl (C=O) groups excluding carboxylic acids is 1. The van der Waals surface area contributed by atoms with Gasteiger partial charge in [0, 0.05) is 6.07 Å². The lowest BCUT2D eigenvalue weighted by Crippen LogP contribution is -2.25. The lowest BCUT2D eigenvalue weighted by Gasteiger charge is -1.97. The molecule has 2 N–H and O–H groups in total. The summed E-state index contributed by atoms with van der Waals surface area (Å²) < 4.78 is 4.51. The molecule has 0 bridgehead atoms. The van der Waals surface area contributed by atoms with Crippen molar-refractivity contribution >= 4 is 11.7 Å². The monoisotopic (exact) mass is 155 g/mol. The Balaban J connectivity index is 2.37. The molecule has 0 atom stereocenters. The molecular formula is C6H9N3O2. The predicted molar refractivity (Wildman–Crippen MR) is 39.1 cm³/mol. The van der Waals surface area contributed by atoms with E-state index in [0.717, 1.165) is 0 Å². The molecule has 0 aliphatic heterocycles. The van der Waals surface area contributed by atoms with E-state index in [2.05, 4.69) is 20.3 Å². The summed E-state index contributed by atoms with van der Waals surface area (Å²) in [4.78, 5) is 10.9. The van der Waals surface area contributed by atoms with Crippen molar-refractivity contribution in [3.63, 3.8) is 0 Å².